The van der Waals surface area contributed by atoms with Crippen molar-refractivity contribution in [3.8, 4) is 0 Å². The maximum Gasteiger partial charge on any atom is 0.163 e. The van der Waals surface area contributed by atoms with E-state index in [1.807, 2.05) is 0 Å². The predicted molar refractivity (Wildman–Crippen MR) is 62.4 cm³/mol. The molecule has 0 amide bonds. The van der Waals surface area contributed by atoms with Gasteiger partial charge < -0.3 is 0 Å². The Balaban J connectivity index is 2.31. The smallest absolute Gasteiger partial charge is 0.163 e. The van der Waals surface area contributed by atoms with Gasteiger partial charge in [0.15, 0.2) is 5.78 Å². The summed E-state index contributed by atoms with van der Waals surface area (Å²) < 4.78 is 0. The van der Waals surface area contributed by atoms with E-state index in [1.165, 1.54) is 29.5 Å². The van der Waals surface area contributed by atoms with E-state index in [0.29, 0.717) is 12.2 Å². The van der Waals surface area contributed by atoms with Gasteiger partial charge in [0, 0.05) is 12.0 Å². The molecule has 1 nitrogen and oxygen atoms in total. The Kier molecular flexibility index (Phi) is 2.90. The number of hydrogen-bond acceptors (Lipinski definition) is 1. The van der Waals surface area contributed by atoms with Crippen LogP contribution in [-0.2, 0) is 12.8 Å². The zero-order valence-corrected chi connectivity index (χ0v) is 9.60. The fourth-order valence-electron chi connectivity index (χ4n) is 2.44. The maximum absolute atomic E-state index is 11.6. The average molecular weight is 202 g/mol. The second kappa shape index (κ2) is 4.18. The van der Waals surface area contributed by atoms with Crippen LogP contribution in [0.2, 0.25) is 0 Å². The molecule has 1 aliphatic carbocycles. The normalized spacial score (nSPS) is 14.4. The molecule has 0 atom stereocenters. The predicted octanol–water partition coefficient (Wildman–Crippen LogP) is 3.47. The van der Waals surface area contributed by atoms with Gasteiger partial charge in [0.2, 0.25) is 0 Å². The number of carbonyl (C=O) groups is 1. The van der Waals surface area contributed by atoms with Gasteiger partial charge in [-0.25, -0.2) is 0 Å². The molecular weight excluding hydrogens is 184 g/mol. The van der Waals surface area contributed by atoms with Crippen LogP contribution >= 0.6 is 0 Å². The number of unbranched alkanes of at least 4 members (excludes halogenated alkanes) is 1. The van der Waals surface area contributed by atoms with E-state index in [1.54, 1.807) is 0 Å². The van der Waals surface area contributed by atoms with E-state index in [2.05, 4.69) is 26.0 Å². The summed E-state index contributed by atoms with van der Waals surface area (Å²) in [6.45, 7) is 4.28. The van der Waals surface area contributed by atoms with Crippen molar-refractivity contribution in [2.24, 2.45) is 0 Å². The molecule has 0 saturated heterocycles. The molecule has 1 aromatic rings. The Morgan fingerprint density at radius 1 is 1.27 bits per heavy atom. The van der Waals surface area contributed by atoms with Gasteiger partial charge in [-0.2, -0.15) is 0 Å². The van der Waals surface area contributed by atoms with Crippen LogP contribution < -0.4 is 0 Å². The summed E-state index contributed by atoms with van der Waals surface area (Å²) in [4.78, 5) is 11.6. The molecule has 1 aromatic carbocycles. The van der Waals surface area contributed by atoms with Crippen molar-refractivity contribution < 1.29 is 4.79 Å². The molecule has 0 saturated carbocycles. The molecule has 1 aliphatic rings. The third kappa shape index (κ3) is 1.97. The van der Waals surface area contributed by atoms with E-state index < -0.39 is 0 Å². The number of carbonyl (C=O) groups excluding carboxylic acids is 1. The minimum Gasteiger partial charge on any atom is -0.294 e. The summed E-state index contributed by atoms with van der Waals surface area (Å²) in [6, 6.07) is 4.43. The van der Waals surface area contributed by atoms with Crippen molar-refractivity contribution in [1.29, 1.82) is 0 Å². The highest BCUT2D eigenvalue weighted by Gasteiger charge is 2.21. The molecule has 0 unspecified atom stereocenters. The van der Waals surface area contributed by atoms with Gasteiger partial charge in [0.25, 0.3) is 0 Å². The van der Waals surface area contributed by atoms with Crippen molar-refractivity contribution in [2.75, 3.05) is 0 Å². The van der Waals surface area contributed by atoms with Gasteiger partial charge in [0.1, 0.15) is 0 Å². The highest BCUT2D eigenvalue weighted by Crippen LogP contribution is 2.27. The van der Waals surface area contributed by atoms with Crippen LogP contribution in [-0.4, -0.2) is 5.78 Å². The zero-order chi connectivity index (χ0) is 10.8. The lowest BCUT2D eigenvalue weighted by Crippen LogP contribution is -1.97. The third-order valence-electron chi connectivity index (χ3n) is 3.20. The Labute approximate surface area is 91.5 Å². The molecular formula is C14H18O. The minimum absolute atomic E-state index is 0.338. The van der Waals surface area contributed by atoms with E-state index in [-0.39, 0.29) is 0 Å². The summed E-state index contributed by atoms with van der Waals surface area (Å²) in [5, 5.41) is 0. The summed E-state index contributed by atoms with van der Waals surface area (Å²) in [6.07, 6.45) is 5.29. The first-order valence-corrected chi connectivity index (χ1v) is 5.88. The van der Waals surface area contributed by atoms with Crippen molar-refractivity contribution in [3.05, 3.63) is 34.4 Å². The van der Waals surface area contributed by atoms with Crippen LogP contribution in [0.15, 0.2) is 12.1 Å². The zero-order valence-electron chi connectivity index (χ0n) is 9.60. The summed E-state index contributed by atoms with van der Waals surface area (Å²) in [5.41, 5.74) is 4.88. The van der Waals surface area contributed by atoms with Gasteiger partial charge in [-0.3, -0.25) is 4.79 Å². The largest absolute Gasteiger partial charge is 0.294 e. The highest BCUT2D eigenvalue weighted by molar-refractivity contribution is 6.01. The van der Waals surface area contributed by atoms with Gasteiger partial charge in [-0.05, 0) is 42.9 Å². The quantitative estimate of drug-likeness (QED) is 0.733. The second-order valence-corrected chi connectivity index (χ2v) is 4.47. The van der Waals surface area contributed by atoms with Crippen molar-refractivity contribution in [2.45, 2.75) is 46.0 Å². The summed E-state index contributed by atoms with van der Waals surface area (Å²) >= 11 is 0. The Hall–Kier alpha value is -1.11. The molecule has 0 bridgehead atoms. The van der Waals surface area contributed by atoms with Crippen LogP contribution in [0, 0.1) is 6.92 Å². The van der Waals surface area contributed by atoms with Gasteiger partial charge in [-0.15, -0.1) is 0 Å². The number of Topliss-reactive ketones (excluding diaryl/α,β-unsaturated/α-hetero) is 1. The van der Waals surface area contributed by atoms with Gasteiger partial charge >= 0.3 is 0 Å². The minimum atomic E-state index is 0.338. The fraction of sp³-hybridized carbons (Fsp3) is 0.500. The lowest BCUT2D eigenvalue weighted by molar-refractivity contribution is 0.0994. The SMILES string of the molecule is CCCCc1cc(C)c2c(c1)CCC2=O. The van der Waals surface area contributed by atoms with Crippen LogP contribution in [0.4, 0.5) is 0 Å². The molecule has 0 aromatic heterocycles. The molecule has 0 aliphatic heterocycles. The molecule has 0 fully saturated rings. The number of rotatable bonds is 3. The topological polar surface area (TPSA) is 17.1 Å². The number of aryl methyl sites for hydroxylation is 3. The Bertz CT molecular complexity index is 391. The second-order valence-electron chi connectivity index (χ2n) is 4.47. The molecule has 0 radical (unpaired) electrons. The number of fused-ring (bicyclic) bond motifs is 1. The summed E-state index contributed by atoms with van der Waals surface area (Å²) in [5.74, 6) is 0.338. The molecule has 1 heteroatoms. The summed E-state index contributed by atoms with van der Waals surface area (Å²) in [7, 11) is 0. The van der Waals surface area contributed by atoms with Crippen molar-refractivity contribution in [1.82, 2.24) is 0 Å². The van der Waals surface area contributed by atoms with E-state index in [4.69, 9.17) is 0 Å². The van der Waals surface area contributed by atoms with E-state index >= 15 is 0 Å². The number of benzene rings is 1. The first-order chi connectivity index (χ1) is 7.22. The number of hydrogen-bond donors (Lipinski definition) is 0. The van der Waals surface area contributed by atoms with E-state index in [9.17, 15) is 4.79 Å². The van der Waals surface area contributed by atoms with Crippen molar-refractivity contribution in [3.63, 3.8) is 0 Å². The van der Waals surface area contributed by atoms with E-state index in [0.717, 1.165) is 18.4 Å². The van der Waals surface area contributed by atoms with Crippen LogP contribution in [0.3, 0.4) is 0 Å². The first-order valence-electron chi connectivity index (χ1n) is 5.88. The third-order valence-corrected chi connectivity index (χ3v) is 3.20. The van der Waals surface area contributed by atoms with Crippen LogP contribution in [0.1, 0.15) is 53.2 Å². The Morgan fingerprint density at radius 2 is 2.07 bits per heavy atom. The highest BCUT2D eigenvalue weighted by atomic mass is 16.1. The monoisotopic (exact) mass is 202 g/mol. The molecule has 15 heavy (non-hydrogen) atoms. The first kappa shape index (κ1) is 10.4. The van der Waals surface area contributed by atoms with Crippen LogP contribution in [0.5, 0.6) is 0 Å². The lowest BCUT2D eigenvalue weighted by Gasteiger charge is -2.07. The molecule has 80 valence electrons. The molecule has 0 heterocycles. The van der Waals surface area contributed by atoms with Crippen LogP contribution in [0.25, 0.3) is 0 Å². The molecule has 0 spiro atoms. The lowest BCUT2D eigenvalue weighted by atomic mass is 9.98. The molecule has 2 rings (SSSR count). The van der Waals surface area contributed by atoms with Gasteiger partial charge in [-0.1, -0.05) is 25.5 Å². The number of ketones is 1. The standard InChI is InChI=1S/C14H18O/c1-3-4-5-11-8-10(2)14-12(9-11)6-7-13(14)15/h8-9H,3-7H2,1-2H3. The molecule has 0 N–H and O–H groups in total. The average Bonchev–Trinajstić information content (AvgIpc) is 2.58. The van der Waals surface area contributed by atoms with Gasteiger partial charge in [0.05, 0.1) is 0 Å². The fourth-order valence-corrected chi connectivity index (χ4v) is 2.44. The van der Waals surface area contributed by atoms with Crippen molar-refractivity contribution >= 4 is 5.78 Å². The Morgan fingerprint density at radius 3 is 2.80 bits per heavy atom. The maximum atomic E-state index is 11.6.